The highest BCUT2D eigenvalue weighted by atomic mass is 16.3. The van der Waals surface area contributed by atoms with Gasteiger partial charge in [0.1, 0.15) is 11.3 Å². The third-order valence-corrected chi connectivity index (χ3v) is 7.19. The van der Waals surface area contributed by atoms with Crippen LogP contribution in [0.4, 0.5) is 0 Å². The van der Waals surface area contributed by atoms with Crippen molar-refractivity contribution in [3.63, 3.8) is 0 Å². The Balaban J connectivity index is 1.40. The van der Waals surface area contributed by atoms with Gasteiger partial charge in [-0.25, -0.2) is 0 Å². The Hall–Kier alpha value is -3.94. The summed E-state index contributed by atoms with van der Waals surface area (Å²) in [5.41, 5.74) is 3.13. The Morgan fingerprint density at radius 1 is 0.949 bits per heavy atom. The second-order valence-electron chi connectivity index (χ2n) is 10.4. The molecule has 0 bridgehead atoms. The molecule has 7 nitrogen and oxygen atoms in total. The van der Waals surface area contributed by atoms with Crippen molar-refractivity contribution in [3.05, 3.63) is 107 Å². The molecule has 1 aromatic heterocycles. The Kier molecular flexibility index (Phi) is 8.10. The number of rotatable bonds is 11. The van der Waals surface area contributed by atoms with E-state index in [1.165, 1.54) is 0 Å². The average Bonchev–Trinajstić information content (AvgIpc) is 3.70. The van der Waals surface area contributed by atoms with Crippen molar-refractivity contribution in [2.75, 3.05) is 6.54 Å². The van der Waals surface area contributed by atoms with Crippen LogP contribution in [-0.4, -0.2) is 41.7 Å². The van der Waals surface area contributed by atoms with E-state index in [9.17, 15) is 14.7 Å². The predicted molar refractivity (Wildman–Crippen MR) is 152 cm³/mol. The lowest BCUT2D eigenvalue weighted by atomic mass is 9.99. The lowest BCUT2D eigenvalue weighted by Gasteiger charge is -2.25. The lowest BCUT2D eigenvalue weighted by molar-refractivity contribution is 0.0831. The smallest absolute Gasteiger partial charge is 0.252 e. The van der Waals surface area contributed by atoms with E-state index in [4.69, 9.17) is 4.42 Å². The van der Waals surface area contributed by atoms with Gasteiger partial charge in [-0.2, -0.15) is 0 Å². The molecule has 0 spiro atoms. The summed E-state index contributed by atoms with van der Waals surface area (Å²) in [5, 5.41) is 21.1. The summed E-state index contributed by atoms with van der Waals surface area (Å²) in [6, 6.07) is 24.3. The van der Waals surface area contributed by atoms with Crippen molar-refractivity contribution >= 4 is 22.8 Å². The molecular weight excluding hydrogens is 490 g/mol. The first-order valence-electron chi connectivity index (χ1n) is 13.5. The summed E-state index contributed by atoms with van der Waals surface area (Å²) in [5.74, 6) is -0.0208. The topological polar surface area (TPSA) is 104 Å². The van der Waals surface area contributed by atoms with E-state index in [1.54, 1.807) is 18.2 Å². The van der Waals surface area contributed by atoms with Crippen LogP contribution < -0.4 is 16.0 Å². The van der Waals surface area contributed by atoms with E-state index in [-0.39, 0.29) is 17.9 Å². The number of aryl methyl sites for hydroxylation is 1. The zero-order valence-corrected chi connectivity index (χ0v) is 22.3. The van der Waals surface area contributed by atoms with Crippen LogP contribution in [-0.2, 0) is 6.42 Å². The molecule has 202 valence electrons. The number of furan rings is 1. The van der Waals surface area contributed by atoms with Crippen molar-refractivity contribution in [2.24, 2.45) is 0 Å². The highest BCUT2D eigenvalue weighted by Crippen LogP contribution is 2.26. The van der Waals surface area contributed by atoms with Gasteiger partial charge in [0, 0.05) is 23.5 Å². The minimum absolute atomic E-state index is 0.214. The Labute approximate surface area is 228 Å². The Morgan fingerprint density at radius 3 is 2.33 bits per heavy atom. The van der Waals surface area contributed by atoms with Gasteiger partial charge in [-0.1, -0.05) is 60.7 Å². The van der Waals surface area contributed by atoms with Gasteiger partial charge in [-0.15, -0.1) is 0 Å². The molecule has 7 heteroatoms. The number of carbonyl (C=O) groups excluding carboxylic acids is 2. The molecule has 3 atom stereocenters. The van der Waals surface area contributed by atoms with Gasteiger partial charge in [0.2, 0.25) is 0 Å². The summed E-state index contributed by atoms with van der Waals surface area (Å²) in [6.45, 7) is 4.12. The number of benzene rings is 3. The summed E-state index contributed by atoms with van der Waals surface area (Å²) >= 11 is 0. The molecule has 4 aromatic rings. The van der Waals surface area contributed by atoms with E-state index in [1.807, 2.05) is 74.5 Å². The molecule has 1 fully saturated rings. The fraction of sp³-hybridized carbons (Fsp3) is 0.312. The van der Waals surface area contributed by atoms with Crippen molar-refractivity contribution in [1.82, 2.24) is 16.0 Å². The van der Waals surface area contributed by atoms with E-state index >= 15 is 0 Å². The number of amides is 2. The Morgan fingerprint density at radius 2 is 1.64 bits per heavy atom. The van der Waals surface area contributed by atoms with E-state index < -0.39 is 12.1 Å². The van der Waals surface area contributed by atoms with Crippen LogP contribution in [0.2, 0.25) is 0 Å². The molecule has 39 heavy (non-hydrogen) atoms. The van der Waals surface area contributed by atoms with Crippen LogP contribution in [0.15, 0.2) is 83.3 Å². The maximum absolute atomic E-state index is 13.7. The molecule has 5 rings (SSSR count). The summed E-state index contributed by atoms with van der Waals surface area (Å²) in [4.78, 5) is 27.0. The molecule has 0 saturated heterocycles. The first-order valence-corrected chi connectivity index (χ1v) is 13.5. The van der Waals surface area contributed by atoms with Crippen LogP contribution in [0.1, 0.15) is 63.4 Å². The fourth-order valence-electron chi connectivity index (χ4n) is 4.80. The second-order valence-corrected chi connectivity index (χ2v) is 10.4. The largest absolute Gasteiger partial charge is 0.461 e. The average molecular weight is 526 g/mol. The highest BCUT2D eigenvalue weighted by Gasteiger charge is 2.27. The number of fused-ring (bicyclic) bond motifs is 1. The molecule has 1 heterocycles. The predicted octanol–water partition coefficient (Wildman–Crippen LogP) is 4.69. The highest BCUT2D eigenvalue weighted by molar-refractivity contribution is 6.09. The summed E-state index contributed by atoms with van der Waals surface area (Å²) in [7, 11) is 0. The molecule has 1 aliphatic carbocycles. The van der Waals surface area contributed by atoms with Crippen LogP contribution in [0, 0.1) is 6.92 Å². The monoisotopic (exact) mass is 525 g/mol. The van der Waals surface area contributed by atoms with Gasteiger partial charge >= 0.3 is 0 Å². The van der Waals surface area contributed by atoms with Gasteiger partial charge in [-0.3, -0.25) is 9.59 Å². The van der Waals surface area contributed by atoms with Gasteiger partial charge in [-0.05, 0) is 62.4 Å². The van der Waals surface area contributed by atoms with Crippen LogP contribution in [0.25, 0.3) is 11.0 Å². The molecule has 0 aliphatic heterocycles. The molecule has 1 saturated carbocycles. The number of aliphatic hydroxyl groups is 1. The van der Waals surface area contributed by atoms with Crippen LogP contribution in [0.5, 0.6) is 0 Å². The van der Waals surface area contributed by atoms with E-state index in [0.717, 1.165) is 24.0 Å². The van der Waals surface area contributed by atoms with Crippen molar-refractivity contribution in [2.45, 2.75) is 57.3 Å². The molecule has 0 unspecified atom stereocenters. The molecule has 2 amide bonds. The molecular formula is C32H35N3O4. The summed E-state index contributed by atoms with van der Waals surface area (Å²) < 4.78 is 5.84. The van der Waals surface area contributed by atoms with Gasteiger partial charge in [0.05, 0.1) is 23.8 Å². The molecule has 1 aliphatic rings. The van der Waals surface area contributed by atoms with E-state index in [0.29, 0.717) is 46.9 Å². The fourth-order valence-corrected chi connectivity index (χ4v) is 4.80. The number of hydrogen-bond donors (Lipinski definition) is 4. The first-order chi connectivity index (χ1) is 18.9. The first kappa shape index (κ1) is 26.7. The zero-order chi connectivity index (χ0) is 27.4. The second kappa shape index (κ2) is 11.8. The van der Waals surface area contributed by atoms with Crippen molar-refractivity contribution < 1.29 is 19.1 Å². The number of aliphatic hydroxyl groups excluding tert-OH is 1. The zero-order valence-electron chi connectivity index (χ0n) is 22.3. The van der Waals surface area contributed by atoms with Gasteiger partial charge in [0.15, 0.2) is 0 Å². The third-order valence-electron chi connectivity index (χ3n) is 7.19. The van der Waals surface area contributed by atoms with E-state index in [2.05, 4.69) is 16.0 Å². The van der Waals surface area contributed by atoms with Gasteiger partial charge in [0.25, 0.3) is 11.8 Å². The van der Waals surface area contributed by atoms with Gasteiger partial charge < -0.3 is 25.5 Å². The molecule has 0 radical (unpaired) electrons. The number of carbonyl (C=O) groups is 2. The maximum atomic E-state index is 13.7. The molecule has 4 N–H and O–H groups in total. The van der Waals surface area contributed by atoms with Crippen molar-refractivity contribution in [1.29, 1.82) is 0 Å². The van der Waals surface area contributed by atoms with Crippen LogP contribution in [0.3, 0.4) is 0 Å². The number of hydrogen-bond acceptors (Lipinski definition) is 5. The molecule has 3 aromatic carbocycles. The SMILES string of the molecule is Cc1cc2c(C(=O)N[C@@H](Cc3ccccc3)[C@H](O)CNC3CC3)cc(C(=O)N[C@H](C)c3ccccc3)cc2o1. The standard InChI is InChI=1S/C32H35N3O4/c1-20-15-26-27(17-24(18-30(26)39-20)31(37)34-21(2)23-11-7-4-8-12-23)32(38)35-28(16-22-9-5-3-6-10-22)29(36)19-33-25-13-14-25/h3-12,15,17-18,21,25,28-29,33,36H,13-14,16,19H2,1-2H3,(H,34,37)(H,35,38)/t21-,28+,29-/m1/s1. The Bertz CT molecular complexity index is 1430. The maximum Gasteiger partial charge on any atom is 0.252 e. The lowest BCUT2D eigenvalue weighted by Crippen LogP contribution is -2.49. The van der Waals surface area contributed by atoms with Crippen molar-refractivity contribution in [3.8, 4) is 0 Å². The minimum atomic E-state index is -0.783. The quantitative estimate of drug-likeness (QED) is 0.228. The summed E-state index contributed by atoms with van der Waals surface area (Å²) in [6.07, 6.45) is 1.91. The minimum Gasteiger partial charge on any atom is -0.461 e. The number of nitrogens with one attached hydrogen (secondary N) is 3. The van der Waals surface area contributed by atoms with Crippen LogP contribution >= 0.6 is 0 Å². The normalized spacial score (nSPS) is 15.5. The third kappa shape index (κ3) is 6.74.